The van der Waals surface area contributed by atoms with Crippen LogP contribution in [0.15, 0.2) is 60.7 Å². The second-order valence-electron chi connectivity index (χ2n) is 11.4. The molecule has 0 N–H and O–H groups in total. The van der Waals surface area contributed by atoms with Gasteiger partial charge in [0.05, 0.1) is 19.8 Å². The second kappa shape index (κ2) is 10.6. The molecule has 0 atom stereocenters. The first-order chi connectivity index (χ1) is 18.2. The number of hydrogen-bond donors (Lipinski definition) is 0. The zero-order chi connectivity index (χ0) is 26.9. The minimum absolute atomic E-state index is 0.244. The number of allylic oxidation sites excluding steroid dienone is 3. The van der Waals surface area contributed by atoms with Crippen LogP contribution in [-0.4, -0.2) is 20.2 Å². The Morgan fingerprint density at radius 3 is 2.26 bits per heavy atom. The first-order valence-electron chi connectivity index (χ1n) is 13.5. The van der Waals surface area contributed by atoms with E-state index in [4.69, 9.17) is 4.74 Å². The number of esters is 1. The van der Waals surface area contributed by atoms with E-state index in [1.54, 1.807) is 13.2 Å². The number of aryl methyl sites for hydroxylation is 1. The van der Waals surface area contributed by atoms with Crippen LogP contribution in [0.4, 0.5) is 13.2 Å². The molecule has 6 heteroatoms. The molecule has 0 unspecified atom stereocenters. The predicted molar refractivity (Wildman–Crippen MR) is 142 cm³/mol. The number of ether oxygens (including phenoxy) is 2. The fraction of sp³-hybridized carbons (Fsp3) is 0.469. The molecule has 4 aliphatic rings. The molecule has 38 heavy (non-hydrogen) atoms. The normalized spacial score (nSPS) is 26.7. The summed E-state index contributed by atoms with van der Waals surface area (Å²) in [5.74, 6) is 2.94. The van der Waals surface area contributed by atoms with Gasteiger partial charge in [0.1, 0.15) is 5.75 Å². The molecule has 0 saturated heterocycles. The molecule has 4 saturated carbocycles. The Morgan fingerprint density at radius 2 is 1.66 bits per heavy atom. The molecular formula is C32H35F3O3. The van der Waals surface area contributed by atoms with Gasteiger partial charge in [0.25, 0.3) is 0 Å². The summed E-state index contributed by atoms with van der Waals surface area (Å²) in [6, 6.07) is 11.7. The van der Waals surface area contributed by atoms with Gasteiger partial charge in [0, 0.05) is 11.6 Å². The van der Waals surface area contributed by atoms with Crippen LogP contribution in [0.5, 0.6) is 5.75 Å². The molecule has 4 aliphatic carbocycles. The second-order valence-corrected chi connectivity index (χ2v) is 11.4. The maximum absolute atomic E-state index is 13.3. The van der Waals surface area contributed by atoms with Gasteiger partial charge in [0.15, 0.2) is 0 Å². The zero-order valence-corrected chi connectivity index (χ0v) is 22.0. The molecule has 2 aromatic rings. The maximum atomic E-state index is 13.3. The SMILES string of the molecule is COC(=O)C=CC(=CCCc1ccc(C23CC4CC(CC(C4)C2)C3)c(OC)c1)c1cccc(C(F)(F)F)c1. The number of halogens is 3. The Balaban J connectivity index is 1.36. The summed E-state index contributed by atoms with van der Waals surface area (Å²) >= 11 is 0. The van der Waals surface area contributed by atoms with Crippen molar-refractivity contribution in [3.05, 3.63) is 82.9 Å². The molecule has 0 radical (unpaired) electrons. The van der Waals surface area contributed by atoms with Crippen molar-refractivity contribution in [3.63, 3.8) is 0 Å². The predicted octanol–water partition coefficient (Wildman–Crippen LogP) is 7.93. The third-order valence-corrected chi connectivity index (χ3v) is 8.80. The topological polar surface area (TPSA) is 35.5 Å². The highest BCUT2D eigenvalue weighted by atomic mass is 19.4. The van der Waals surface area contributed by atoms with Gasteiger partial charge < -0.3 is 9.47 Å². The van der Waals surface area contributed by atoms with Crippen molar-refractivity contribution < 1.29 is 27.4 Å². The highest BCUT2D eigenvalue weighted by molar-refractivity contribution is 5.87. The molecule has 2 aromatic carbocycles. The summed E-state index contributed by atoms with van der Waals surface area (Å²) in [6.07, 6.45) is 9.45. The highest BCUT2D eigenvalue weighted by Crippen LogP contribution is 2.61. The monoisotopic (exact) mass is 524 g/mol. The van der Waals surface area contributed by atoms with Crippen LogP contribution in [-0.2, 0) is 27.5 Å². The van der Waals surface area contributed by atoms with Crippen LogP contribution < -0.4 is 4.74 Å². The van der Waals surface area contributed by atoms with Crippen molar-refractivity contribution in [3.8, 4) is 5.75 Å². The van der Waals surface area contributed by atoms with Crippen LogP contribution in [0.25, 0.3) is 5.57 Å². The standard InChI is InChI=1S/C32H35F3O3/c1-37-29-16-21(9-11-28(29)31-18-22-13-23(19-31)15-24(14-22)20-31)5-3-6-25(10-12-30(36)38-2)26-7-4-8-27(17-26)32(33,34)35/h4,6-12,16-17,22-24H,3,5,13-15,18-20H2,1-2H3. The Hall–Kier alpha value is -3.02. The number of carbonyl (C=O) groups is 1. The van der Waals surface area contributed by atoms with Crippen LogP contribution in [0.3, 0.4) is 0 Å². The fourth-order valence-electron chi connectivity index (χ4n) is 7.55. The van der Waals surface area contributed by atoms with E-state index in [2.05, 4.69) is 22.9 Å². The smallest absolute Gasteiger partial charge is 0.416 e. The van der Waals surface area contributed by atoms with Gasteiger partial charge in [-0.2, -0.15) is 13.2 Å². The molecule has 0 heterocycles. The zero-order valence-electron chi connectivity index (χ0n) is 22.0. The minimum Gasteiger partial charge on any atom is -0.496 e. The van der Waals surface area contributed by atoms with E-state index in [9.17, 15) is 18.0 Å². The maximum Gasteiger partial charge on any atom is 0.416 e. The van der Waals surface area contributed by atoms with Crippen molar-refractivity contribution in [2.75, 3.05) is 14.2 Å². The van der Waals surface area contributed by atoms with Crippen molar-refractivity contribution >= 4 is 11.5 Å². The number of benzene rings is 2. The van der Waals surface area contributed by atoms with Crippen LogP contribution >= 0.6 is 0 Å². The lowest BCUT2D eigenvalue weighted by atomic mass is 9.48. The Bertz CT molecular complexity index is 1210. The van der Waals surface area contributed by atoms with E-state index in [1.807, 2.05) is 6.08 Å². The number of carbonyl (C=O) groups excluding carboxylic acids is 1. The largest absolute Gasteiger partial charge is 0.496 e. The van der Waals surface area contributed by atoms with Gasteiger partial charge >= 0.3 is 12.1 Å². The first-order valence-corrected chi connectivity index (χ1v) is 13.5. The molecule has 6 rings (SSSR count). The van der Waals surface area contributed by atoms with E-state index in [-0.39, 0.29) is 5.41 Å². The van der Waals surface area contributed by atoms with E-state index in [0.29, 0.717) is 24.0 Å². The molecule has 0 aliphatic heterocycles. The molecule has 0 amide bonds. The highest BCUT2D eigenvalue weighted by Gasteiger charge is 2.52. The third kappa shape index (κ3) is 5.55. The number of alkyl halides is 3. The number of rotatable bonds is 8. The van der Waals surface area contributed by atoms with Gasteiger partial charge in [-0.1, -0.05) is 30.3 Å². The van der Waals surface area contributed by atoms with Gasteiger partial charge in [-0.3, -0.25) is 0 Å². The average Bonchev–Trinajstić information content (AvgIpc) is 2.89. The number of methoxy groups -OCH3 is 2. The van der Waals surface area contributed by atoms with Crippen molar-refractivity contribution in [1.82, 2.24) is 0 Å². The Morgan fingerprint density at radius 1 is 0.974 bits per heavy atom. The lowest BCUT2D eigenvalue weighted by Gasteiger charge is -2.57. The molecule has 0 aromatic heterocycles. The molecule has 202 valence electrons. The third-order valence-electron chi connectivity index (χ3n) is 8.80. The van der Waals surface area contributed by atoms with Gasteiger partial charge in [-0.05, 0) is 116 Å². The summed E-state index contributed by atoms with van der Waals surface area (Å²) in [5.41, 5.74) is 2.93. The van der Waals surface area contributed by atoms with E-state index in [1.165, 1.54) is 69.4 Å². The fourth-order valence-corrected chi connectivity index (χ4v) is 7.55. The summed E-state index contributed by atoms with van der Waals surface area (Å²) < 4.78 is 50.4. The van der Waals surface area contributed by atoms with Crippen LogP contribution in [0.2, 0.25) is 0 Å². The first kappa shape index (κ1) is 26.6. The summed E-state index contributed by atoms with van der Waals surface area (Å²) in [7, 11) is 3.01. The quantitative estimate of drug-likeness (QED) is 0.200. The summed E-state index contributed by atoms with van der Waals surface area (Å²) in [6.45, 7) is 0. The Labute approximate surface area is 222 Å². The van der Waals surface area contributed by atoms with Gasteiger partial charge in [-0.15, -0.1) is 0 Å². The summed E-state index contributed by atoms with van der Waals surface area (Å²) in [5, 5.41) is 0. The molecular weight excluding hydrogens is 489 g/mol. The van der Waals surface area contributed by atoms with E-state index < -0.39 is 17.7 Å². The van der Waals surface area contributed by atoms with E-state index >= 15 is 0 Å². The van der Waals surface area contributed by atoms with Gasteiger partial charge in [-0.25, -0.2) is 4.79 Å². The minimum atomic E-state index is -4.44. The summed E-state index contributed by atoms with van der Waals surface area (Å²) in [4.78, 5) is 11.7. The van der Waals surface area contributed by atoms with Gasteiger partial charge in [0.2, 0.25) is 0 Å². The lowest BCUT2D eigenvalue weighted by Crippen LogP contribution is -2.48. The van der Waals surface area contributed by atoms with Crippen LogP contribution in [0.1, 0.15) is 67.2 Å². The van der Waals surface area contributed by atoms with Crippen molar-refractivity contribution in [2.24, 2.45) is 17.8 Å². The van der Waals surface area contributed by atoms with Crippen molar-refractivity contribution in [2.45, 2.75) is 63.0 Å². The molecule has 0 spiro atoms. The van der Waals surface area contributed by atoms with E-state index in [0.717, 1.165) is 41.2 Å². The van der Waals surface area contributed by atoms with Crippen LogP contribution in [0, 0.1) is 17.8 Å². The Kier molecular flexibility index (Phi) is 7.43. The molecule has 4 bridgehead atoms. The number of hydrogen-bond acceptors (Lipinski definition) is 3. The lowest BCUT2D eigenvalue weighted by molar-refractivity contribution is -0.137. The van der Waals surface area contributed by atoms with Crippen molar-refractivity contribution in [1.29, 1.82) is 0 Å². The average molecular weight is 525 g/mol. The molecule has 3 nitrogen and oxygen atoms in total. The molecule has 4 fully saturated rings.